The van der Waals surface area contributed by atoms with E-state index >= 15 is 0 Å². The summed E-state index contributed by atoms with van der Waals surface area (Å²) in [4.78, 5) is 0. The zero-order valence-corrected chi connectivity index (χ0v) is 14.5. The molecule has 0 aliphatic carbocycles. The average molecular weight is 348 g/mol. The van der Waals surface area contributed by atoms with E-state index in [-0.39, 0.29) is 0 Å². The zero-order chi connectivity index (χ0) is 18.4. The first-order valence-corrected chi connectivity index (χ1v) is 8.20. The molecule has 0 amide bonds. The maximum absolute atomic E-state index is 7.84. The number of hydrogen-bond acceptors (Lipinski definition) is 5. The van der Waals surface area contributed by atoms with Gasteiger partial charge in [0.25, 0.3) is 0 Å². The van der Waals surface area contributed by atoms with Crippen LogP contribution in [0.3, 0.4) is 0 Å². The van der Waals surface area contributed by atoms with E-state index in [9.17, 15) is 0 Å². The molecule has 6 heteroatoms. The number of rotatable bonds is 8. The third-order valence-electron chi connectivity index (χ3n) is 3.72. The Morgan fingerprint density at radius 3 is 2.19 bits per heavy atom. The normalized spacial score (nSPS) is 10.3. The van der Waals surface area contributed by atoms with Crippen LogP contribution >= 0.6 is 0 Å². The summed E-state index contributed by atoms with van der Waals surface area (Å²) in [5.41, 5.74) is 2.08. The first kappa shape index (κ1) is 17.4. The maximum Gasteiger partial charge on any atom is 0.132 e. The van der Waals surface area contributed by atoms with E-state index in [0.717, 1.165) is 17.0 Å². The highest BCUT2D eigenvalue weighted by atomic mass is 16.5. The molecule has 2 N–H and O–H groups in total. The number of nitrogens with zero attached hydrogens (tertiary/aromatic N) is 2. The van der Waals surface area contributed by atoms with Crippen LogP contribution in [0.2, 0.25) is 0 Å². The van der Waals surface area contributed by atoms with Gasteiger partial charge in [0.2, 0.25) is 0 Å². The van der Waals surface area contributed by atoms with Crippen molar-refractivity contribution in [1.82, 2.24) is 9.78 Å². The van der Waals surface area contributed by atoms with Gasteiger partial charge in [-0.3, -0.25) is 4.68 Å². The van der Waals surface area contributed by atoms with Gasteiger partial charge in [0.1, 0.15) is 23.9 Å². The van der Waals surface area contributed by atoms with E-state index in [0.29, 0.717) is 30.2 Å². The van der Waals surface area contributed by atoms with Crippen LogP contribution in [0.15, 0.2) is 60.8 Å². The molecule has 0 aliphatic rings. The standard InChI is InChI=1S/C20H20N4O2/c1-24-13-11-16(23-24)14-25-17-6-8-19(9-7-17)26-18-4-2-15(3-5-18)20(22)10-12-21/h2-9,11-13,21-22H,10,14H2,1H3. The van der Waals surface area contributed by atoms with Gasteiger partial charge in [-0.1, -0.05) is 0 Å². The molecule has 6 nitrogen and oxygen atoms in total. The van der Waals surface area contributed by atoms with Gasteiger partial charge in [0.15, 0.2) is 0 Å². The Balaban J connectivity index is 1.56. The molecular weight excluding hydrogens is 328 g/mol. The fraction of sp³-hybridized carbons (Fsp3) is 0.150. The van der Waals surface area contributed by atoms with Crippen LogP contribution in [-0.2, 0) is 13.7 Å². The summed E-state index contributed by atoms with van der Waals surface area (Å²) >= 11 is 0. The third-order valence-corrected chi connectivity index (χ3v) is 3.72. The Morgan fingerprint density at radius 1 is 1.00 bits per heavy atom. The smallest absolute Gasteiger partial charge is 0.132 e. The van der Waals surface area contributed by atoms with Crippen molar-refractivity contribution >= 4 is 11.9 Å². The van der Waals surface area contributed by atoms with E-state index < -0.39 is 0 Å². The zero-order valence-electron chi connectivity index (χ0n) is 14.5. The van der Waals surface area contributed by atoms with E-state index in [1.54, 1.807) is 4.68 Å². The van der Waals surface area contributed by atoms with Gasteiger partial charge < -0.3 is 20.3 Å². The SMILES string of the molecule is Cn1ccc(COc2ccc(Oc3ccc(C(=N)CC=N)cc3)cc2)n1. The molecule has 1 aromatic heterocycles. The highest BCUT2D eigenvalue weighted by Crippen LogP contribution is 2.24. The lowest BCUT2D eigenvalue weighted by Crippen LogP contribution is -1.99. The Hall–Kier alpha value is -3.41. The molecule has 0 unspecified atom stereocenters. The first-order valence-electron chi connectivity index (χ1n) is 8.20. The lowest BCUT2D eigenvalue weighted by Gasteiger charge is -2.09. The number of ether oxygens (including phenoxy) is 2. The molecule has 0 fully saturated rings. The van der Waals surface area contributed by atoms with E-state index in [1.165, 1.54) is 6.21 Å². The Labute approximate surface area is 152 Å². The number of benzene rings is 2. The Morgan fingerprint density at radius 2 is 1.62 bits per heavy atom. The van der Waals surface area contributed by atoms with Crippen molar-refractivity contribution in [3.05, 3.63) is 72.1 Å². The summed E-state index contributed by atoms with van der Waals surface area (Å²) in [6.45, 7) is 0.421. The molecule has 0 saturated carbocycles. The van der Waals surface area contributed by atoms with Gasteiger partial charge in [-0.15, -0.1) is 0 Å². The van der Waals surface area contributed by atoms with Crippen LogP contribution in [0.4, 0.5) is 0 Å². The fourth-order valence-electron chi connectivity index (χ4n) is 2.38. The van der Waals surface area contributed by atoms with E-state index in [1.807, 2.05) is 67.8 Å². The summed E-state index contributed by atoms with van der Waals surface area (Å²) in [6.07, 6.45) is 3.44. The largest absolute Gasteiger partial charge is 0.487 e. The summed E-state index contributed by atoms with van der Waals surface area (Å²) in [5, 5.41) is 19.2. The summed E-state index contributed by atoms with van der Waals surface area (Å²) in [6, 6.07) is 16.6. The number of nitrogens with one attached hydrogen (secondary N) is 2. The summed E-state index contributed by atoms with van der Waals surface area (Å²) < 4.78 is 13.3. The second-order valence-corrected chi connectivity index (χ2v) is 5.75. The van der Waals surface area contributed by atoms with Crippen LogP contribution < -0.4 is 9.47 Å². The van der Waals surface area contributed by atoms with Crippen molar-refractivity contribution in [3.8, 4) is 17.2 Å². The van der Waals surface area contributed by atoms with Crippen molar-refractivity contribution in [3.63, 3.8) is 0 Å². The number of aryl methyl sites for hydroxylation is 1. The minimum atomic E-state index is 0.333. The van der Waals surface area contributed by atoms with Crippen molar-refractivity contribution in [2.75, 3.05) is 0 Å². The monoisotopic (exact) mass is 348 g/mol. The molecule has 0 atom stereocenters. The molecule has 132 valence electrons. The van der Waals surface area contributed by atoms with Gasteiger partial charge in [0, 0.05) is 31.6 Å². The summed E-state index contributed by atoms with van der Waals surface area (Å²) in [7, 11) is 1.87. The molecule has 0 bridgehead atoms. The van der Waals surface area contributed by atoms with Crippen molar-refractivity contribution in [1.29, 1.82) is 10.8 Å². The van der Waals surface area contributed by atoms with Crippen LogP contribution in [0.25, 0.3) is 0 Å². The average Bonchev–Trinajstić information content (AvgIpc) is 3.07. The fourth-order valence-corrected chi connectivity index (χ4v) is 2.38. The van der Waals surface area contributed by atoms with Gasteiger partial charge in [-0.25, -0.2) is 0 Å². The Kier molecular flexibility index (Phi) is 5.43. The third kappa shape index (κ3) is 4.57. The number of hydrogen-bond donors (Lipinski definition) is 2. The van der Waals surface area contributed by atoms with Crippen molar-refractivity contribution in [2.24, 2.45) is 7.05 Å². The molecule has 26 heavy (non-hydrogen) atoms. The highest BCUT2D eigenvalue weighted by molar-refractivity contribution is 6.04. The molecule has 1 heterocycles. The van der Waals surface area contributed by atoms with Crippen LogP contribution in [-0.4, -0.2) is 21.7 Å². The molecule has 0 spiro atoms. The van der Waals surface area contributed by atoms with Crippen LogP contribution in [0, 0.1) is 10.8 Å². The minimum Gasteiger partial charge on any atom is -0.487 e. The quantitative estimate of drug-likeness (QED) is 0.598. The number of aromatic nitrogens is 2. The van der Waals surface area contributed by atoms with Crippen molar-refractivity contribution < 1.29 is 9.47 Å². The van der Waals surface area contributed by atoms with Crippen LogP contribution in [0.5, 0.6) is 17.2 Å². The molecule has 2 aromatic carbocycles. The molecule has 3 rings (SSSR count). The van der Waals surface area contributed by atoms with Gasteiger partial charge in [0.05, 0.1) is 5.69 Å². The van der Waals surface area contributed by atoms with Crippen LogP contribution in [0.1, 0.15) is 17.7 Å². The second kappa shape index (κ2) is 8.11. The molecular formula is C20H20N4O2. The molecule has 0 saturated heterocycles. The topological polar surface area (TPSA) is 84.0 Å². The molecule has 3 aromatic rings. The first-order chi connectivity index (χ1) is 12.6. The molecule has 0 aliphatic heterocycles. The second-order valence-electron chi connectivity index (χ2n) is 5.75. The van der Waals surface area contributed by atoms with E-state index in [2.05, 4.69) is 5.10 Å². The van der Waals surface area contributed by atoms with E-state index in [4.69, 9.17) is 20.3 Å². The van der Waals surface area contributed by atoms with Gasteiger partial charge in [-0.05, 0) is 60.2 Å². The summed E-state index contributed by atoms with van der Waals surface area (Å²) in [5.74, 6) is 2.15. The predicted octanol–water partition coefficient (Wildman–Crippen LogP) is 4.20. The van der Waals surface area contributed by atoms with Crippen molar-refractivity contribution in [2.45, 2.75) is 13.0 Å². The lowest BCUT2D eigenvalue weighted by molar-refractivity contribution is 0.299. The molecule has 0 radical (unpaired) electrons. The Bertz CT molecular complexity index is 883. The van der Waals surface area contributed by atoms with Gasteiger partial charge in [-0.2, -0.15) is 5.10 Å². The highest BCUT2D eigenvalue weighted by Gasteiger charge is 2.03. The maximum atomic E-state index is 7.84. The lowest BCUT2D eigenvalue weighted by atomic mass is 10.1. The van der Waals surface area contributed by atoms with Gasteiger partial charge >= 0.3 is 0 Å². The predicted molar refractivity (Wildman–Crippen MR) is 101 cm³/mol. The minimum absolute atomic E-state index is 0.333.